The van der Waals surface area contributed by atoms with Gasteiger partial charge >= 0.3 is 5.97 Å². The van der Waals surface area contributed by atoms with E-state index in [1.165, 1.54) is 51.4 Å². The number of hydrogen-bond acceptors (Lipinski definition) is 3. The highest BCUT2D eigenvalue weighted by Crippen LogP contribution is 2.69. The van der Waals surface area contributed by atoms with Crippen molar-refractivity contribution in [3.63, 3.8) is 0 Å². The first-order valence-corrected chi connectivity index (χ1v) is 16.6. The van der Waals surface area contributed by atoms with E-state index in [2.05, 4.69) is 34.6 Å². The first kappa shape index (κ1) is 27.8. The quantitative estimate of drug-likeness (QED) is 0.356. The maximum Gasteiger partial charge on any atom is 0.338 e. The van der Waals surface area contributed by atoms with Gasteiger partial charge in [-0.25, -0.2) is 4.79 Å². The summed E-state index contributed by atoms with van der Waals surface area (Å²) in [5.41, 5.74) is 1.03. The summed E-state index contributed by atoms with van der Waals surface area (Å²) in [6.07, 6.45) is 14.5. The van der Waals surface area contributed by atoms with Gasteiger partial charge in [0.05, 0.1) is 11.2 Å². The highest BCUT2D eigenvalue weighted by atomic mass is 16.5. The molecule has 6 rings (SSSR count). The van der Waals surface area contributed by atoms with Gasteiger partial charge in [-0.15, -0.1) is 0 Å². The fourth-order valence-corrected chi connectivity index (χ4v) is 11.0. The summed E-state index contributed by atoms with van der Waals surface area (Å²) in [5.74, 6) is 5.54. The number of esters is 1. The SMILES string of the molecule is CC[C@]1(O)CC[C@@]2(C)[C@@H](CC[C@@H]3[C@@H]2CC[C@]2(C)[C@@H]([C@H](C)[C@@H](C[C@@H]4CC4C)OC(=O)c4ccccc4)CC[C@@H]32)C1. The van der Waals surface area contributed by atoms with Gasteiger partial charge in [-0.1, -0.05) is 52.8 Å². The maximum absolute atomic E-state index is 13.2. The first-order chi connectivity index (χ1) is 18.6. The van der Waals surface area contributed by atoms with E-state index in [-0.39, 0.29) is 12.1 Å². The molecule has 3 nitrogen and oxygen atoms in total. The Bertz CT molecular complexity index is 1040. The van der Waals surface area contributed by atoms with Gasteiger partial charge in [-0.3, -0.25) is 0 Å². The average molecular weight is 535 g/mol. The first-order valence-electron chi connectivity index (χ1n) is 16.6. The van der Waals surface area contributed by atoms with Crippen LogP contribution in [0.1, 0.15) is 122 Å². The van der Waals surface area contributed by atoms with Crippen molar-refractivity contribution >= 4 is 5.97 Å². The molecule has 0 bridgehead atoms. The third kappa shape index (κ3) is 4.81. The molecule has 0 amide bonds. The van der Waals surface area contributed by atoms with Crippen LogP contribution in [0.15, 0.2) is 30.3 Å². The van der Waals surface area contributed by atoms with E-state index in [1.54, 1.807) is 0 Å². The van der Waals surface area contributed by atoms with Gasteiger partial charge in [-0.05, 0) is 147 Å². The van der Waals surface area contributed by atoms with Gasteiger partial charge in [0, 0.05) is 0 Å². The lowest BCUT2D eigenvalue weighted by molar-refractivity contribution is -0.154. The van der Waals surface area contributed by atoms with E-state index in [0.29, 0.717) is 40.1 Å². The summed E-state index contributed by atoms with van der Waals surface area (Å²) >= 11 is 0. The molecule has 0 aliphatic heterocycles. The molecule has 0 spiro atoms. The summed E-state index contributed by atoms with van der Waals surface area (Å²) in [6, 6.07) is 9.61. The molecule has 0 heterocycles. The fraction of sp³-hybridized carbons (Fsp3) is 0.806. The molecule has 3 heteroatoms. The lowest BCUT2D eigenvalue weighted by Crippen LogP contribution is -2.56. The van der Waals surface area contributed by atoms with Gasteiger partial charge in [0.2, 0.25) is 0 Å². The molecule has 0 aromatic heterocycles. The van der Waals surface area contributed by atoms with Crippen LogP contribution in [0, 0.1) is 58.2 Å². The van der Waals surface area contributed by atoms with E-state index in [0.717, 1.165) is 49.4 Å². The predicted molar refractivity (Wildman–Crippen MR) is 157 cm³/mol. The van der Waals surface area contributed by atoms with Crippen LogP contribution in [-0.4, -0.2) is 22.8 Å². The summed E-state index contributed by atoms with van der Waals surface area (Å²) in [6.45, 7) is 12.2. The van der Waals surface area contributed by atoms with Gasteiger partial charge in [-0.2, -0.15) is 0 Å². The lowest BCUT2D eigenvalue weighted by Gasteiger charge is -2.62. The fourth-order valence-electron chi connectivity index (χ4n) is 11.0. The molecule has 5 saturated carbocycles. The van der Waals surface area contributed by atoms with Crippen LogP contribution in [0.25, 0.3) is 0 Å². The van der Waals surface area contributed by atoms with Gasteiger partial charge in [0.1, 0.15) is 6.10 Å². The van der Waals surface area contributed by atoms with Crippen LogP contribution in [0.5, 0.6) is 0 Å². The molecule has 5 aliphatic rings. The second kappa shape index (κ2) is 10.2. The largest absolute Gasteiger partial charge is 0.458 e. The van der Waals surface area contributed by atoms with Crippen LogP contribution in [-0.2, 0) is 4.74 Å². The van der Waals surface area contributed by atoms with E-state index >= 15 is 0 Å². The Kier molecular flexibility index (Phi) is 7.26. The maximum atomic E-state index is 13.2. The molecule has 1 aromatic carbocycles. The number of carbonyl (C=O) groups excluding carboxylic acids is 1. The van der Waals surface area contributed by atoms with Crippen molar-refractivity contribution in [1.82, 2.24) is 0 Å². The number of rotatable bonds is 7. The number of hydrogen-bond donors (Lipinski definition) is 1. The minimum Gasteiger partial charge on any atom is -0.458 e. The zero-order valence-corrected chi connectivity index (χ0v) is 25.3. The Labute approximate surface area is 237 Å². The highest BCUT2D eigenvalue weighted by molar-refractivity contribution is 5.89. The van der Waals surface area contributed by atoms with Gasteiger partial charge in [0.15, 0.2) is 0 Å². The predicted octanol–water partition coefficient (Wildman–Crippen LogP) is 8.69. The molecule has 1 unspecified atom stereocenters. The number of fused-ring (bicyclic) bond motifs is 5. The highest BCUT2D eigenvalue weighted by Gasteiger charge is 2.62. The Balaban J connectivity index is 1.19. The molecule has 5 aliphatic carbocycles. The Hall–Kier alpha value is -1.35. The van der Waals surface area contributed by atoms with Crippen molar-refractivity contribution in [2.45, 2.75) is 123 Å². The standard InChI is InChI=1S/C36H54O3/c1-6-36(38)19-18-34(4)27(22-36)12-13-28-30-15-14-29(35(30,5)17-16-31(28)34)24(3)32(21-26-20-23(26)2)39-33(37)25-10-8-7-9-11-25/h7-11,23-24,26-32,38H,6,12-22H2,1-5H3/t23?,24-,26-,27-,28-,29+,30-,31-,32+,34-,35+,36-/m0/s1. The van der Waals surface area contributed by atoms with Gasteiger partial charge < -0.3 is 9.84 Å². The lowest BCUT2D eigenvalue weighted by atomic mass is 9.43. The normalized spacial score (nSPS) is 46.4. The third-order valence-corrected chi connectivity index (χ3v) is 13.9. The summed E-state index contributed by atoms with van der Waals surface area (Å²) in [4.78, 5) is 13.2. The summed E-state index contributed by atoms with van der Waals surface area (Å²) < 4.78 is 6.40. The van der Waals surface area contributed by atoms with E-state index in [1.807, 2.05) is 30.3 Å². The van der Waals surface area contributed by atoms with Gasteiger partial charge in [0.25, 0.3) is 0 Å². The zero-order valence-electron chi connectivity index (χ0n) is 25.3. The van der Waals surface area contributed by atoms with Crippen LogP contribution >= 0.6 is 0 Å². The minimum absolute atomic E-state index is 0.0178. The summed E-state index contributed by atoms with van der Waals surface area (Å²) in [5, 5.41) is 11.2. The van der Waals surface area contributed by atoms with Crippen molar-refractivity contribution in [2.24, 2.45) is 58.2 Å². The Morgan fingerprint density at radius 3 is 2.41 bits per heavy atom. The number of carbonyl (C=O) groups is 1. The van der Waals surface area contributed by atoms with E-state index in [4.69, 9.17) is 4.74 Å². The Morgan fingerprint density at radius 1 is 1.00 bits per heavy atom. The monoisotopic (exact) mass is 534 g/mol. The molecule has 216 valence electrons. The molecular formula is C36H54O3. The van der Waals surface area contributed by atoms with Crippen LogP contribution in [0.4, 0.5) is 0 Å². The molecule has 0 radical (unpaired) electrons. The molecule has 1 N–H and O–H groups in total. The average Bonchev–Trinajstić information content (AvgIpc) is 3.51. The van der Waals surface area contributed by atoms with Crippen molar-refractivity contribution in [3.8, 4) is 0 Å². The molecule has 5 fully saturated rings. The second-order valence-electron chi connectivity index (χ2n) is 15.5. The van der Waals surface area contributed by atoms with Crippen LogP contribution < -0.4 is 0 Å². The van der Waals surface area contributed by atoms with E-state index in [9.17, 15) is 9.90 Å². The topological polar surface area (TPSA) is 46.5 Å². The van der Waals surface area contributed by atoms with Crippen LogP contribution in [0.2, 0.25) is 0 Å². The molecule has 12 atom stereocenters. The van der Waals surface area contributed by atoms with Crippen LogP contribution in [0.3, 0.4) is 0 Å². The smallest absolute Gasteiger partial charge is 0.338 e. The number of ether oxygens (including phenoxy) is 1. The second-order valence-corrected chi connectivity index (χ2v) is 15.5. The van der Waals surface area contributed by atoms with Crippen molar-refractivity contribution < 1.29 is 14.6 Å². The van der Waals surface area contributed by atoms with Crippen molar-refractivity contribution in [1.29, 1.82) is 0 Å². The minimum atomic E-state index is -0.417. The molecule has 0 saturated heterocycles. The van der Waals surface area contributed by atoms with Crippen molar-refractivity contribution in [3.05, 3.63) is 35.9 Å². The molecular weight excluding hydrogens is 480 g/mol. The summed E-state index contributed by atoms with van der Waals surface area (Å²) in [7, 11) is 0. The third-order valence-electron chi connectivity index (χ3n) is 13.9. The Morgan fingerprint density at radius 2 is 1.72 bits per heavy atom. The van der Waals surface area contributed by atoms with Crippen molar-refractivity contribution in [2.75, 3.05) is 0 Å². The van der Waals surface area contributed by atoms with E-state index < -0.39 is 5.60 Å². The number of benzene rings is 1. The zero-order chi connectivity index (χ0) is 27.6. The number of aliphatic hydroxyl groups is 1. The molecule has 1 aromatic rings. The molecule has 39 heavy (non-hydrogen) atoms.